The highest BCUT2D eigenvalue weighted by atomic mass is 16.7. The van der Waals surface area contributed by atoms with Gasteiger partial charge < -0.3 is 28.8 Å². The lowest BCUT2D eigenvalue weighted by atomic mass is 9.74. The monoisotopic (exact) mass is 402 g/mol. The molecule has 2 aliphatic carbocycles. The van der Waals surface area contributed by atoms with Crippen molar-refractivity contribution in [2.45, 2.75) is 36.6 Å². The molecule has 7 heteroatoms. The Morgan fingerprint density at radius 1 is 1.28 bits per heavy atom. The van der Waals surface area contributed by atoms with Gasteiger partial charge >= 0.3 is 0 Å². The Kier molecular flexibility index (Phi) is 4.72. The number of hydrogen-bond donors (Lipinski definition) is 1. The van der Waals surface area contributed by atoms with E-state index in [1.807, 2.05) is 19.1 Å². The zero-order valence-electron chi connectivity index (χ0n) is 17.1. The summed E-state index contributed by atoms with van der Waals surface area (Å²) in [7, 11) is 4.54. The van der Waals surface area contributed by atoms with Gasteiger partial charge in [-0.2, -0.15) is 0 Å². The van der Waals surface area contributed by atoms with E-state index in [2.05, 4.69) is 6.58 Å². The maximum Gasteiger partial charge on any atom is 0.231 e. The summed E-state index contributed by atoms with van der Waals surface area (Å²) >= 11 is 0. The van der Waals surface area contributed by atoms with Crippen molar-refractivity contribution in [3.8, 4) is 17.2 Å². The van der Waals surface area contributed by atoms with Crippen LogP contribution in [0.25, 0.3) is 0 Å². The minimum Gasteiger partial charge on any atom is -0.493 e. The maximum atomic E-state index is 13.6. The number of methoxy groups -OCH3 is 3. The first-order chi connectivity index (χ1) is 13.9. The summed E-state index contributed by atoms with van der Waals surface area (Å²) in [6, 6.07) is 3.64. The summed E-state index contributed by atoms with van der Waals surface area (Å²) in [5.74, 6) is 0.520. The highest BCUT2D eigenvalue weighted by Crippen LogP contribution is 2.61. The van der Waals surface area contributed by atoms with Crippen LogP contribution in [-0.2, 0) is 14.3 Å². The summed E-state index contributed by atoms with van der Waals surface area (Å²) in [6.07, 6.45) is 2.60. The van der Waals surface area contributed by atoms with E-state index in [1.165, 1.54) is 7.11 Å². The number of fused-ring (bicyclic) bond motifs is 3. The van der Waals surface area contributed by atoms with Gasteiger partial charge in [-0.3, -0.25) is 4.79 Å². The highest BCUT2D eigenvalue weighted by molar-refractivity contribution is 6.06. The van der Waals surface area contributed by atoms with Crippen LogP contribution in [0.15, 0.2) is 36.4 Å². The molecule has 0 saturated heterocycles. The Labute approximate surface area is 169 Å². The minimum atomic E-state index is -1.50. The lowest BCUT2D eigenvalue weighted by Gasteiger charge is -2.41. The molecule has 5 atom stereocenters. The Morgan fingerprint density at radius 3 is 2.66 bits per heavy atom. The molecule has 156 valence electrons. The van der Waals surface area contributed by atoms with Gasteiger partial charge in [-0.25, -0.2) is 0 Å². The van der Waals surface area contributed by atoms with Gasteiger partial charge in [-0.05, 0) is 30.2 Å². The number of carbonyl (C=O) groups excluding carboxylic acids is 1. The van der Waals surface area contributed by atoms with Crippen molar-refractivity contribution in [3.05, 3.63) is 42.0 Å². The van der Waals surface area contributed by atoms with Gasteiger partial charge in [0.15, 0.2) is 22.9 Å². The van der Waals surface area contributed by atoms with Crippen LogP contribution in [0.2, 0.25) is 0 Å². The molecule has 1 aromatic carbocycles. The van der Waals surface area contributed by atoms with Gasteiger partial charge in [0.25, 0.3) is 0 Å². The molecule has 0 unspecified atom stereocenters. The van der Waals surface area contributed by atoms with Crippen LogP contribution in [0.3, 0.4) is 0 Å². The van der Waals surface area contributed by atoms with Crippen LogP contribution < -0.4 is 14.2 Å². The van der Waals surface area contributed by atoms with E-state index in [9.17, 15) is 9.90 Å². The molecular formula is C22H26O7. The second-order valence-corrected chi connectivity index (χ2v) is 7.67. The Hall–Kier alpha value is -2.35. The number of aliphatic hydroxyl groups is 1. The molecule has 0 radical (unpaired) electrons. The van der Waals surface area contributed by atoms with Crippen LogP contribution in [-0.4, -0.2) is 56.3 Å². The van der Waals surface area contributed by atoms with E-state index in [-0.39, 0.29) is 18.5 Å². The van der Waals surface area contributed by atoms with E-state index in [4.69, 9.17) is 23.7 Å². The van der Waals surface area contributed by atoms with Crippen LogP contribution >= 0.6 is 0 Å². The molecule has 7 nitrogen and oxygen atoms in total. The van der Waals surface area contributed by atoms with Crippen molar-refractivity contribution < 1.29 is 33.6 Å². The zero-order valence-corrected chi connectivity index (χ0v) is 17.1. The van der Waals surface area contributed by atoms with Crippen molar-refractivity contribution in [1.82, 2.24) is 0 Å². The molecule has 4 rings (SSSR count). The van der Waals surface area contributed by atoms with Gasteiger partial charge in [0.1, 0.15) is 11.7 Å². The van der Waals surface area contributed by atoms with Crippen molar-refractivity contribution >= 4 is 5.78 Å². The first-order valence-electron chi connectivity index (χ1n) is 9.54. The molecule has 1 saturated carbocycles. The molecule has 2 bridgehead atoms. The predicted molar refractivity (Wildman–Crippen MR) is 104 cm³/mol. The third-order valence-corrected chi connectivity index (χ3v) is 6.65. The number of allylic oxidation sites excluding steroid dienone is 1. The molecule has 0 spiro atoms. The highest BCUT2D eigenvalue weighted by Gasteiger charge is 2.72. The number of Topliss-reactive ketones (excluding diaryl/α,β-unsaturated/α-hetero) is 1. The summed E-state index contributed by atoms with van der Waals surface area (Å²) in [5, 5.41) is 11.4. The lowest BCUT2D eigenvalue weighted by molar-refractivity contribution is -0.169. The average Bonchev–Trinajstić information content (AvgIpc) is 3.25. The molecule has 3 aliphatic rings. The van der Waals surface area contributed by atoms with Crippen molar-refractivity contribution in [1.29, 1.82) is 0 Å². The van der Waals surface area contributed by atoms with Gasteiger partial charge in [0.2, 0.25) is 12.5 Å². The largest absolute Gasteiger partial charge is 0.493 e. The molecule has 1 aliphatic heterocycles. The predicted octanol–water partition coefficient (Wildman–Crippen LogP) is 2.37. The molecule has 1 aromatic rings. The minimum absolute atomic E-state index is 0.0966. The van der Waals surface area contributed by atoms with Crippen LogP contribution in [0, 0.1) is 5.92 Å². The van der Waals surface area contributed by atoms with Crippen LogP contribution in [0.5, 0.6) is 17.2 Å². The van der Waals surface area contributed by atoms with Gasteiger partial charge in [0, 0.05) is 31.6 Å². The van der Waals surface area contributed by atoms with E-state index < -0.39 is 23.2 Å². The Bertz CT molecular complexity index is 891. The molecular weight excluding hydrogens is 376 g/mol. The van der Waals surface area contributed by atoms with Gasteiger partial charge in [0.05, 0.1) is 7.11 Å². The number of carbonyl (C=O) groups is 1. The SMILES string of the molecule is C=CCC1=C[C@]2(OC)[C@@H](C)[C@H](c3cc(OC)c4c(c3)OCO4)[C@](OC)(C1=O)[C@H]2O. The van der Waals surface area contributed by atoms with E-state index in [0.717, 1.165) is 5.56 Å². The number of aliphatic hydroxyl groups excluding tert-OH is 1. The Balaban J connectivity index is 1.94. The van der Waals surface area contributed by atoms with Crippen molar-refractivity contribution in [2.24, 2.45) is 5.92 Å². The van der Waals surface area contributed by atoms with Gasteiger partial charge in [-0.15, -0.1) is 6.58 Å². The van der Waals surface area contributed by atoms with Crippen LogP contribution in [0.4, 0.5) is 0 Å². The molecule has 1 fully saturated rings. The molecule has 1 N–H and O–H groups in total. The molecule has 29 heavy (non-hydrogen) atoms. The van der Waals surface area contributed by atoms with Crippen molar-refractivity contribution in [3.63, 3.8) is 0 Å². The number of benzene rings is 1. The summed E-state index contributed by atoms with van der Waals surface area (Å²) in [6.45, 7) is 5.80. The van der Waals surface area contributed by atoms with E-state index in [1.54, 1.807) is 26.4 Å². The Morgan fingerprint density at radius 2 is 2.03 bits per heavy atom. The molecule has 0 aromatic heterocycles. The number of ketones is 1. The third kappa shape index (κ3) is 2.38. The quantitative estimate of drug-likeness (QED) is 0.732. The number of rotatable bonds is 6. The zero-order chi connectivity index (χ0) is 21.0. The van der Waals surface area contributed by atoms with Crippen molar-refractivity contribution in [2.75, 3.05) is 28.1 Å². The third-order valence-electron chi connectivity index (χ3n) is 6.65. The summed E-state index contributed by atoms with van der Waals surface area (Å²) in [5.41, 5.74) is -1.30. The summed E-state index contributed by atoms with van der Waals surface area (Å²) in [4.78, 5) is 13.6. The fourth-order valence-electron chi connectivity index (χ4n) is 5.31. The average molecular weight is 402 g/mol. The second kappa shape index (κ2) is 6.86. The van der Waals surface area contributed by atoms with E-state index in [0.29, 0.717) is 29.2 Å². The smallest absolute Gasteiger partial charge is 0.231 e. The first kappa shape index (κ1) is 19.9. The lowest BCUT2D eigenvalue weighted by Crippen LogP contribution is -2.60. The number of hydrogen-bond acceptors (Lipinski definition) is 7. The standard InChI is InChI=1S/C22H26O7/c1-6-7-13-10-21(26-4)12(2)17(22(27-5,19(13)23)20(21)24)14-8-15(25-3)18-16(9-14)28-11-29-18/h6,8-10,12,17,20,24H,1,7,11H2,2-5H3/t12-,17+,20-,21-,22-/m0/s1. The molecule has 1 heterocycles. The second-order valence-electron chi connectivity index (χ2n) is 7.67. The fraction of sp³-hybridized carbons (Fsp3) is 0.500. The summed E-state index contributed by atoms with van der Waals surface area (Å²) < 4.78 is 28.3. The normalized spacial score (nSPS) is 34.9. The maximum absolute atomic E-state index is 13.6. The molecule has 0 amide bonds. The topological polar surface area (TPSA) is 83.5 Å². The first-order valence-corrected chi connectivity index (χ1v) is 9.54. The van der Waals surface area contributed by atoms with Gasteiger partial charge in [-0.1, -0.05) is 13.0 Å². The number of ether oxygens (including phenoxy) is 5. The fourth-order valence-corrected chi connectivity index (χ4v) is 5.31. The van der Waals surface area contributed by atoms with Crippen LogP contribution in [0.1, 0.15) is 24.8 Å². The van der Waals surface area contributed by atoms with E-state index >= 15 is 0 Å².